The summed E-state index contributed by atoms with van der Waals surface area (Å²) in [5, 5.41) is 4.57. The second-order valence-corrected chi connectivity index (χ2v) is 18.5. The molecule has 0 bridgehead atoms. The highest BCUT2D eigenvalue weighted by molar-refractivity contribution is 6.17. The molecule has 0 spiro atoms. The number of aryl methyl sites for hydroxylation is 2. The molecule has 326 valence electrons. The van der Waals surface area contributed by atoms with Gasteiger partial charge in [0, 0.05) is 33.1 Å². The Bertz CT molecular complexity index is 3840. The number of benzene rings is 11. The first kappa shape index (κ1) is 40.5. The molecule has 0 amide bonds. The molecule has 0 atom stereocenters. The van der Waals surface area contributed by atoms with E-state index in [1.54, 1.807) is 0 Å². The molecule has 0 fully saturated rings. The van der Waals surface area contributed by atoms with Crippen molar-refractivity contribution in [2.45, 2.75) is 19.3 Å². The molecule has 0 N–H and O–H groups in total. The largest absolute Gasteiger partial charge is 0.455 e. The topological polar surface area (TPSA) is 16.4 Å². The predicted molar refractivity (Wildman–Crippen MR) is 289 cm³/mol. The summed E-state index contributed by atoms with van der Waals surface area (Å²) >= 11 is 0. The molecule has 11 aromatic carbocycles. The Morgan fingerprint density at radius 1 is 0.333 bits per heavy atom. The summed E-state index contributed by atoms with van der Waals surface area (Å²) in [6.07, 6.45) is 0. The highest BCUT2D eigenvalue weighted by atomic mass is 16.3. The van der Waals surface area contributed by atoms with Crippen LogP contribution in [0.4, 0.5) is 17.1 Å². The van der Waals surface area contributed by atoms with Crippen LogP contribution >= 0.6 is 0 Å². The summed E-state index contributed by atoms with van der Waals surface area (Å²) in [5.41, 5.74) is 21.7. The Balaban J connectivity index is 0.962. The Hall–Kier alpha value is -8.72. The van der Waals surface area contributed by atoms with Gasteiger partial charge in [0.25, 0.3) is 0 Å². The van der Waals surface area contributed by atoms with Crippen molar-refractivity contribution >= 4 is 49.8 Å². The van der Waals surface area contributed by atoms with Crippen LogP contribution in [0.15, 0.2) is 253 Å². The highest BCUT2D eigenvalue weighted by Gasteiger charge is 2.46. The number of anilines is 3. The zero-order valence-corrected chi connectivity index (χ0v) is 38.5. The van der Waals surface area contributed by atoms with E-state index in [0.717, 1.165) is 55.4 Å². The van der Waals surface area contributed by atoms with Crippen LogP contribution in [-0.4, -0.2) is 0 Å². The van der Waals surface area contributed by atoms with Gasteiger partial charge < -0.3 is 9.32 Å². The van der Waals surface area contributed by atoms with E-state index in [9.17, 15) is 0 Å². The van der Waals surface area contributed by atoms with Gasteiger partial charge in [-0.15, -0.1) is 0 Å². The lowest BCUT2D eigenvalue weighted by atomic mass is 9.67. The Labute approximate surface area is 403 Å². The summed E-state index contributed by atoms with van der Waals surface area (Å²) in [6.45, 7) is 4.49. The zero-order chi connectivity index (χ0) is 46.1. The van der Waals surface area contributed by atoms with Gasteiger partial charge in [0.15, 0.2) is 0 Å². The molecule has 1 aromatic heterocycles. The van der Waals surface area contributed by atoms with E-state index in [1.807, 2.05) is 0 Å². The summed E-state index contributed by atoms with van der Waals surface area (Å²) in [7, 11) is 0. The number of para-hydroxylation sites is 1. The monoisotopic (exact) mass is 881 g/mol. The van der Waals surface area contributed by atoms with Crippen LogP contribution in [-0.2, 0) is 5.41 Å². The van der Waals surface area contributed by atoms with Crippen LogP contribution in [0.1, 0.15) is 33.4 Å². The van der Waals surface area contributed by atoms with Crippen LogP contribution in [0.25, 0.3) is 77.2 Å². The Kier molecular flexibility index (Phi) is 9.55. The van der Waals surface area contributed by atoms with E-state index >= 15 is 0 Å². The smallest absolute Gasteiger partial charge is 0.143 e. The van der Waals surface area contributed by atoms with Gasteiger partial charge >= 0.3 is 0 Å². The maximum atomic E-state index is 6.80. The molecule has 0 radical (unpaired) electrons. The van der Waals surface area contributed by atoms with Crippen LogP contribution in [0, 0.1) is 13.8 Å². The van der Waals surface area contributed by atoms with Gasteiger partial charge in [-0.2, -0.15) is 0 Å². The standard InChI is InChI=1S/C67H47NO/c1-44-40-51(46-18-6-3-7-19-46)41-45(2)64(44)68(54-36-32-48(33-37-54)57-29-17-30-60-61-39-34-47-20-12-13-27-56(47)66(61)69-65(57)60)55-26-16-21-49(42-55)50-35-38-59-58-28-14-15-31-62(58)67(63(59)43-50,52-22-8-4-9-23-52)53-24-10-5-11-25-53/h3-43H,1-2H3. The van der Waals surface area contributed by atoms with Gasteiger partial charge in [-0.25, -0.2) is 0 Å². The normalized spacial score (nSPS) is 12.6. The third kappa shape index (κ3) is 6.48. The van der Waals surface area contributed by atoms with E-state index in [1.165, 1.54) is 72.3 Å². The van der Waals surface area contributed by atoms with Crippen molar-refractivity contribution in [3.05, 3.63) is 282 Å². The Morgan fingerprint density at radius 2 is 0.899 bits per heavy atom. The van der Waals surface area contributed by atoms with E-state index in [4.69, 9.17) is 4.42 Å². The maximum Gasteiger partial charge on any atom is 0.143 e. The van der Waals surface area contributed by atoms with Gasteiger partial charge in [0.2, 0.25) is 0 Å². The van der Waals surface area contributed by atoms with Crippen molar-refractivity contribution in [1.82, 2.24) is 0 Å². The Morgan fingerprint density at radius 3 is 1.65 bits per heavy atom. The van der Waals surface area contributed by atoms with Gasteiger partial charge in [-0.05, 0) is 140 Å². The summed E-state index contributed by atoms with van der Waals surface area (Å²) < 4.78 is 6.80. The molecule has 13 rings (SSSR count). The minimum absolute atomic E-state index is 0.481. The van der Waals surface area contributed by atoms with Crippen molar-refractivity contribution in [2.75, 3.05) is 4.90 Å². The number of furan rings is 1. The van der Waals surface area contributed by atoms with Crippen LogP contribution < -0.4 is 4.90 Å². The van der Waals surface area contributed by atoms with Gasteiger partial charge in [-0.1, -0.05) is 200 Å². The predicted octanol–water partition coefficient (Wildman–Crippen LogP) is 18.2. The molecule has 2 nitrogen and oxygen atoms in total. The van der Waals surface area contributed by atoms with Crippen LogP contribution in [0.3, 0.4) is 0 Å². The molecule has 0 aliphatic heterocycles. The van der Waals surface area contributed by atoms with Crippen LogP contribution in [0.2, 0.25) is 0 Å². The molecule has 2 heteroatoms. The molecule has 1 heterocycles. The number of nitrogens with zero attached hydrogens (tertiary/aromatic N) is 1. The van der Waals surface area contributed by atoms with E-state index in [-0.39, 0.29) is 0 Å². The number of hydrogen-bond acceptors (Lipinski definition) is 2. The van der Waals surface area contributed by atoms with E-state index in [2.05, 4.69) is 267 Å². The second kappa shape index (κ2) is 16.3. The average Bonchev–Trinajstić information content (AvgIpc) is 3.95. The molecular weight excluding hydrogens is 835 g/mol. The van der Waals surface area contributed by atoms with E-state index < -0.39 is 5.41 Å². The minimum Gasteiger partial charge on any atom is -0.455 e. The van der Waals surface area contributed by atoms with Crippen LogP contribution in [0.5, 0.6) is 0 Å². The van der Waals surface area contributed by atoms with Crippen molar-refractivity contribution < 1.29 is 4.42 Å². The fourth-order valence-electron chi connectivity index (χ4n) is 11.5. The van der Waals surface area contributed by atoms with Crippen molar-refractivity contribution in [1.29, 1.82) is 0 Å². The summed E-state index contributed by atoms with van der Waals surface area (Å²) in [5.74, 6) is 0. The first-order chi connectivity index (χ1) is 34.0. The molecule has 0 saturated heterocycles. The average molecular weight is 882 g/mol. The lowest BCUT2D eigenvalue weighted by Crippen LogP contribution is -2.28. The lowest BCUT2D eigenvalue weighted by Gasteiger charge is -2.34. The third-order valence-corrected chi connectivity index (χ3v) is 14.5. The van der Waals surface area contributed by atoms with Crippen molar-refractivity contribution in [3.63, 3.8) is 0 Å². The summed E-state index contributed by atoms with van der Waals surface area (Å²) in [4.78, 5) is 2.45. The molecule has 12 aromatic rings. The van der Waals surface area contributed by atoms with Gasteiger partial charge in [0.1, 0.15) is 11.2 Å². The zero-order valence-electron chi connectivity index (χ0n) is 38.5. The van der Waals surface area contributed by atoms with Crippen molar-refractivity contribution in [2.24, 2.45) is 0 Å². The quantitative estimate of drug-likeness (QED) is 0.151. The number of hydrogen-bond donors (Lipinski definition) is 0. The third-order valence-electron chi connectivity index (χ3n) is 14.5. The number of fused-ring (bicyclic) bond motifs is 8. The van der Waals surface area contributed by atoms with Gasteiger partial charge in [-0.3, -0.25) is 0 Å². The first-order valence-corrected chi connectivity index (χ1v) is 23.9. The lowest BCUT2D eigenvalue weighted by molar-refractivity contribution is 0.674. The fourth-order valence-corrected chi connectivity index (χ4v) is 11.5. The second-order valence-electron chi connectivity index (χ2n) is 18.5. The highest BCUT2D eigenvalue weighted by Crippen LogP contribution is 2.57. The molecule has 0 unspecified atom stereocenters. The molecule has 0 saturated carbocycles. The molecule has 69 heavy (non-hydrogen) atoms. The van der Waals surface area contributed by atoms with E-state index in [0.29, 0.717) is 0 Å². The van der Waals surface area contributed by atoms with Gasteiger partial charge in [0.05, 0.1) is 11.1 Å². The SMILES string of the molecule is Cc1cc(-c2ccccc2)cc(C)c1N(c1ccc(-c2cccc3c2oc2c4ccccc4ccc32)cc1)c1cccc(-c2ccc3c(c2)C(c2ccccc2)(c2ccccc2)c2ccccc2-3)c1. The maximum absolute atomic E-state index is 6.80. The first-order valence-electron chi connectivity index (χ1n) is 23.9. The van der Waals surface area contributed by atoms with Crippen molar-refractivity contribution in [3.8, 4) is 44.5 Å². The molecular formula is C67H47NO. The molecule has 1 aliphatic rings. The summed E-state index contributed by atoms with van der Waals surface area (Å²) in [6, 6.07) is 91.0. The minimum atomic E-state index is -0.481. The fraction of sp³-hybridized carbons (Fsp3) is 0.0448. The molecule has 1 aliphatic carbocycles. The number of rotatable bonds is 8.